The third kappa shape index (κ3) is 5.78. The van der Waals surface area contributed by atoms with E-state index >= 15 is 0 Å². The van der Waals surface area contributed by atoms with Crippen LogP contribution in [0.1, 0.15) is 16.7 Å². The number of thioether (sulfide) groups is 2. The smallest absolute Gasteiger partial charge is 0.180 e. The first-order valence-corrected chi connectivity index (χ1v) is 8.57. The highest BCUT2D eigenvalue weighted by molar-refractivity contribution is 8.13. The molecule has 22 heavy (non-hydrogen) atoms. The number of hydrogen-bond donors (Lipinski definition) is 3. The van der Waals surface area contributed by atoms with Crippen molar-refractivity contribution in [2.75, 3.05) is 12.5 Å². The van der Waals surface area contributed by atoms with E-state index < -0.39 is 0 Å². The fourth-order valence-corrected chi connectivity index (χ4v) is 1.67. The Bertz CT molecular complexity index is 588. The minimum Gasteiger partial charge on any atom is -0.507 e. The molecule has 1 rings (SSSR count). The van der Waals surface area contributed by atoms with Crippen LogP contribution in [-0.4, -0.2) is 40.4 Å². The van der Waals surface area contributed by atoms with Gasteiger partial charge in [-0.15, -0.1) is 10.2 Å². The van der Waals surface area contributed by atoms with E-state index in [1.54, 1.807) is 24.6 Å². The molecule has 1 aromatic carbocycles. The highest BCUT2D eigenvalue weighted by Gasteiger charge is 2.05. The zero-order valence-corrected chi connectivity index (χ0v) is 14.1. The summed E-state index contributed by atoms with van der Waals surface area (Å²) in [5.74, 6) is 0.0361. The zero-order chi connectivity index (χ0) is 16.5. The van der Waals surface area contributed by atoms with E-state index in [1.165, 1.54) is 36.0 Å². The Morgan fingerprint density at radius 2 is 1.41 bits per heavy atom. The number of phenolic OH excluding ortho intramolecular Hbond substituents is 1. The van der Waals surface area contributed by atoms with Crippen LogP contribution in [0.25, 0.3) is 0 Å². The summed E-state index contributed by atoms with van der Waals surface area (Å²) in [6.07, 6.45) is 6.46. The molecule has 0 aromatic heterocycles. The van der Waals surface area contributed by atoms with Crippen molar-refractivity contribution < 1.29 is 5.11 Å². The number of amidine groups is 2. The van der Waals surface area contributed by atoms with Crippen molar-refractivity contribution >= 4 is 46.3 Å². The van der Waals surface area contributed by atoms with Crippen LogP contribution in [0.3, 0.4) is 0 Å². The van der Waals surface area contributed by atoms with Crippen LogP contribution in [-0.2, 0) is 0 Å². The van der Waals surface area contributed by atoms with Gasteiger partial charge in [0.15, 0.2) is 10.3 Å². The number of rotatable bonds is 4. The van der Waals surface area contributed by atoms with Crippen molar-refractivity contribution in [3.63, 3.8) is 0 Å². The SMILES string of the molecule is CS/C(N)=N\N=C\c1cc(C)cc(/C=N/N=C(/N)SC)c1O. The fraction of sp³-hybridized carbons (Fsp3) is 0.231. The number of nitrogens with two attached hydrogens (primary N) is 2. The van der Waals surface area contributed by atoms with Gasteiger partial charge >= 0.3 is 0 Å². The summed E-state index contributed by atoms with van der Waals surface area (Å²) in [6, 6.07) is 3.56. The monoisotopic (exact) mass is 338 g/mol. The van der Waals surface area contributed by atoms with Crippen molar-refractivity contribution in [1.82, 2.24) is 0 Å². The summed E-state index contributed by atoms with van der Waals surface area (Å²) in [5, 5.41) is 26.1. The summed E-state index contributed by atoms with van der Waals surface area (Å²) in [5.41, 5.74) is 13.0. The lowest BCUT2D eigenvalue weighted by molar-refractivity contribution is 0.473. The molecule has 0 spiro atoms. The maximum Gasteiger partial charge on any atom is 0.180 e. The van der Waals surface area contributed by atoms with Gasteiger partial charge < -0.3 is 16.6 Å². The van der Waals surface area contributed by atoms with Crippen molar-refractivity contribution in [3.05, 3.63) is 28.8 Å². The maximum absolute atomic E-state index is 10.2. The number of phenols is 1. The van der Waals surface area contributed by atoms with Crippen LogP contribution in [0.2, 0.25) is 0 Å². The molecule has 0 unspecified atom stereocenters. The van der Waals surface area contributed by atoms with E-state index in [0.29, 0.717) is 21.5 Å². The molecule has 7 nitrogen and oxygen atoms in total. The number of aryl methyl sites for hydroxylation is 1. The molecular formula is C13H18N6OS2. The molecule has 1 aromatic rings. The van der Waals surface area contributed by atoms with Crippen LogP contribution in [0.15, 0.2) is 32.5 Å². The molecule has 0 amide bonds. The molecule has 0 aliphatic carbocycles. The Kier molecular flexibility index (Phi) is 7.47. The quantitative estimate of drug-likeness (QED) is 0.438. The van der Waals surface area contributed by atoms with E-state index in [2.05, 4.69) is 20.4 Å². The molecule has 0 saturated heterocycles. The second-order valence-electron chi connectivity index (χ2n) is 4.07. The third-order valence-corrected chi connectivity index (χ3v) is 3.44. The number of aromatic hydroxyl groups is 1. The molecule has 9 heteroatoms. The lowest BCUT2D eigenvalue weighted by Crippen LogP contribution is -2.04. The van der Waals surface area contributed by atoms with Gasteiger partial charge in [0.05, 0.1) is 12.4 Å². The molecule has 0 heterocycles. The van der Waals surface area contributed by atoms with E-state index in [4.69, 9.17) is 11.5 Å². The number of hydrogen-bond acceptors (Lipinski definition) is 7. The van der Waals surface area contributed by atoms with Gasteiger partial charge in [-0.1, -0.05) is 23.5 Å². The van der Waals surface area contributed by atoms with Gasteiger partial charge in [-0.25, -0.2) is 0 Å². The molecule has 0 saturated carbocycles. The second-order valence-corrected chi connectivity index (χ2v) is 5.72. The fourth-order valence-electron chi connectivity index (χ4n) is 1.41. The molecule has 0 bridgehead atoms. The van der Waals surface area contributed by atoms with Crippen molar-refractivity contribution in [1.29, 1.82) is 0 Å². The van der Waals surface area contributed by atoms with E-state index in [-0.39, 0.29) is 5.75 Å². The minimum atomic E-state index is 0.0361. The third-order valence-electron chi connectivity index (χ3n) is 2.44. The van der Waals surface area contributed by atoms with E-state index in [9.17, 15) is 5.11 Å². The molecule has 0 atom stereocenters. The number of nitrogens with zero attached hydrogens (tertiary/aromatic N) is 4. The summed E-state index contributed by atoms with van der Waals surface area (Å²) < 4.78 is 0. The first-order chi connectivity index (χ1) is 10.5. The first-order valence-electron chi connectivity index (χ1n) is 6.12. The minimum absolute atomic E-state index is 0.0361. The van der Waals surface area contributed by atoms with Crippen LogP contribution < -0.4 is 11.5 Å². The first kappa shape index (κ1) is 18.1. The molecule has 0 radical (unpaired) electrons. The van der Waals surface area contributed by atoms with Gasteiger partial charge in [0.1, 0.15) is 5.75 Å². The van der Waals surface area contributed by atoms with Gasteiger partial charge in [0, 0.05) is 11.1 Å². The maximum atomic E-state index is 10.2. The van der Waals surface area contributed by atoms with Crippen molar-refractivity contribution in [2.24, 2.45) is 31.9 Å². The lowest BCUT2D eigenvalue weighted by atomic mass is 10.1. The zero-order valence-electron chi connectivity index (χ0n) is 12.5. The molecule has 5 N–H and O–H groups in total. The lowest BCUT2D eigenvalue weighted by Gasteiger charge is -2.04. The van der Waals surface area contributed by atoms with Crippen LogP contribution >= 0.6 is 23.5 Å². The summed E-state index contributed by atoms with van der Waals surface area (Å²) >= 11 is 2.58. The highest BCUT2D eigenvalue weighted by Crippen LogP contribution is 2.22. The van der Waals surface area contributed by atoms with Gasteiger partial charge in [-0.3, -0.25) is 0 Å². The van der Waals surface area contributed by atoms with Crippen LogP contribution in [0.4, 0.5) is 0 Å². The van der Waals surface area contributed by atoms with E-state index in [0.717, 1.165) is 5.56 Å². The standard InChI is InChI=1S/C13H18N6OS2/c1-8-4-9(6-16-18-12(14)21-2)11(20)10(5-8)7-17-19-13(15)22-3/h4-7,20H,1-3H3,(H2,14,18)(H2,15,19)/b16-6+,17-7+. The topological polar surface area (TPSA) is 122 Å². The van der Waals surface area contributed by atoms with Gasteiger partial charge in [-0.05, 0) is 37.1 Å². The van der Waals surface area contributed by atoms with E-state index in [1.807, 2.05) is 6.92 Å². The average Bonchev–Trinajstić information content (AvgIpc) is 2.50. The summed E-state index contributed by atoms with van der Waals surface area (Å²) in [6.45, 7) is 1.90. The number of benzene rings is 1. The molecule has 0 aliphatic rings. The Morgan fingerprint density at radius 1 is 1.00 bits per heavy atom. The Hall–Kier alpha value is -2.00. The molecule has 0 aliphatic heterocycles. The van der Waals surface area contributed by atoms with Crippen molar-refractivity contribution in [3.8, 4) is 5.75 Å². The molecule has 118 valence electrons. The average molecular weight is 338 g/mol. The van der Waals surface area contributed by atoms with Gasteiger partial charge in [0.2, 0.25) is 0 Å². The Morgan fingerprint density at radius 3 is 1.77 bits per heavy atom. The van der Waals surface area contributed by atoms with Gasteiger partial charge in [0.25, 0.3) is 0 Å². The second kappa shape index (κ2) is 9.11. The Labute approximate surface area is 137 Å². The van der Waals surface area contributed by atoms with Gasteiger partial charge in [-0.2, -0.15) is 10.2 Å². The summed E-state index contributed by atoms with van der Waals surface area (Å²) in [7, 11) is 0. The predicted octanol–water partition coefficient (Wildman–Crippen LogP) is 1.72. The van der Waals surface area contributed by atoms with Crippen LogP contribution in [0.5, 0.6) is 5.75 Å². The van der Waals surface area contributed by atoms with Crippen molar-refractivity contribution in [2.45, 2.75) is 6.92 Å². The van der Waals surface area contributed by atoms with Crippen LogP contribution in [0, 0.1) is 6.92 Å². The highest BCUT2D eigenvalue weighted by atomic mass is 32.2. The Balaban J connectivity index is 3.07. The molecular weight excluding hydrogens is 320 g/mol. The molecule has 0 fully saturated rings. The summed E-state index contributed by atoms with van der Waals surface area (Å²) in [4.78, 5) is 0. The largest absolute Gasteiger partial charge is 0.507 e. The normalized spacial score (nSPS) is 13.4. The predicted molar refractivity (Wildman–Crippen MR) is 98.3 cm³/mol.